The predicted octanol–water partition coefficient (Wildman–Crippen LogP) is 3.34. The van der Waals surface area contributed by atoms with Gasteiger partial charge < -0.3 is 14.4 Å². The van der Waals surface area contributed by atoms with Crippen LogP contribution >= 0.6 is 0 Å². The van der Waals surface area contributed by atoms with E-state index in [2.05, 4.69) is 0 Å². The summed E-state index contributed by atoms with van der Waals surface area (Å²) in [7, 11) is -0.513. The topological polar surface area (TPSA) is 72.9 Å². The van der Waals surface area contributed by atoms with Crippen LogP contribution < -0.4 is 0 Å². The van der Waals surface area contributed by atoms with E-state index in [-0.39, 0.29) is 11.7 Å². The van der Waals surface area contributed by atoms with Gasteiger partial charge in [0.15, 0.2) is 0 Å². The average Bonchev–Trinajstić information content (AvgIpc) is 2.65. The van der Waals surface area contributed by atoms with Gasteiger partial charge in [0.1, 0.15) is 5.60 Å². The monoisotopic (exact) mass is 429 g/mol. The molecule has 0 N–H and O–H groups in total. The van der Waals surface area contributed by atoms with Crippen molar-refractivity contribution in [3.63, 3.8) is 0 Å². The Kier molecular flexibility index (Phi) is 7.81. The first-order valence-corrected chi connectivity index (χ1v) is 12.3. The molecule has 0 aliphatic carbocycles. The Morgan fingerprint density at radius 1 is 1.11 bits per heavy atom. The molecule has 1 aliphatic rings. The zero-order valence-electron chi connectivity index (χ0n) is 17.4. The normalized spacial score (nSPS) is 19.1. The Labute approximate surface area is 172 Å². The van der Waals surface area contributed by atoms with Crippen LogP contribution in [0.15, 0.2) is 34.1 Å². The number of rotatable bonds is 6. The molecule has 6 nitrogen and oxygen atoms in total. The Balaban J connectivity index is 1.91. The van der Waals surface area contributed by atoms with Gasteiger partial charge in [0, 0.05) is 52.8 Å². The van der Waals surface area contributed by atoms with Crippen molar-refractivity contribution >= 4 is 27.7 Å². The first-order valence-electron chi connectivity index (χ1n) is 9.40. The van der Waals surface area contributed by atoms with E-state index in [4.69, 9.17) is 9.47 Å². The highest BCUT2D eigenvalue weighted by atomic mass is 32.2. The van der Waals surface area contributed by atoms with Gasteiger partial charge in [-0.05, 0) is 64.3 Å². The molecular weight excluding hydrogens is 398 g/mol. The number of methoxy groups -OCH3 is 1. The van der Waals surface area contributed by atoms with E-state index < -0.39 is 27.2 Å². The Bertz CT molecular complexity index is 719. The number of benzene rings is 1. The van der Waals surface area contributed by atoms with Gasteiger partial charge in [0.25, 0.3) is 0 Å². The SMILES string of the molecule is COC1(CCS(=O)c2ccc(S(C)=O)cc2)CCN(C(=O)OC(C)(C)C)CC1. The Morgan fingerprint density at radius 2 is 1.64 bits per heavy atom. The fourth-order valence-electron chi connectivity index (χ4n) is 3.16. The quantitative estimate of drug-likeness (QED) is 0.693. The number of hydrogen-bond acceptors (Lipinski definition) is 5. The van der Waals surface area contributed by atoms with Gasteiger partial charge in [-0.3, -0.25) is 8.42 Å². The third kappa shape index (κ3) is 6.39. The van der Waals surface area contributed by atoms with E-state index in [0.29, 0.717) is 38.1 Å². The second-order valence-corrected chi connectivity index (χ2v) is 11.0. The average molecular weight is 430 g/mol. The van der Waals surface area contributed by atoms with Crippen LogP contribution in [-0.2, 0) is 31.1 Å². The van der Waals surface area contributed by atoms with E-state index in [0.717, 1.165) is 9.79 Å². The lowest BCUT2D eigenvalue weighted by molar-refractivity contribution is -0.0616. The fourth-order valence-corrected chi connectivity index (χ4v) is 4.91. The van der Waals surface area contributed by atoms with Crippen LogP contribution in [0.3, 0.4) is 0 Å². The Morgan fingerprint density at radius 3 is 2.11 bits per heavy atom. The summed E-state index contributed by atoms with van der Waals surface area (Å²) in [5.74, 6) is 0.481. The molecule has 2 unspecified atom stereocenters. The van der Waals surface area contributed by atoms with Gasteiger partial charge in [-0.15, -0.1) is 0 Å². The van der Waals surface area contributed by atoms with Crippen molar-refractivity contribution in [3.05, 3.63) is 24.3 Å². The molecule has 0 bridgehead atoms. The third-order valence-electron chi connectivity index (χ3n) is 4.92. The lowest BCUT2D eigenvalue weighted by Crippen LogP contribution is -2.49. The summed E-state index contributed by atoms with van der Waals surface area (Å²) < 4.78 is 35.4. The zero-order valence-corrected chi connectivity index (χ0v) is 19.0. The zero-order chi connectivity index (χ0) is 20.9. The minimum Gasteiger partial charge on any atom is -0.444 e. The van der Waals surface area contributed by atoms with Gasteiger partial charge in [0.05, 0.1) is 16.4 Å². The second kappa shape index (κ2) is 9.50. The van der Waals surface area contributed by atoms with Crippen LogP contribution in [0.2, 0.25) is 0 Å². The van der Waals surface area contributed by atoms with E-state index in [9.17, 15) is 13.2 Å². The van der Waals surface area contributed by atoms with Crippen LogP contribution in [0.25, 0.3) is 0 Å². The lowest BCUT2D eigenvalue weighted by atomic mass is 9.89. The summed E-state index contributed by atoms with van der Waals surface area (Å²) in [6.45, 7) is 6.69. The van der Waals surface area contributed by atoms with Crippen LogP contribution in [-0.4, -0.2) is 62.8 Å². The number of ether oxygens (including phenoxy) is 2. The van der Waals surface area contributed by atoms with Crippen molar-refractivity contribution in [1.82, 2.24) is 4.90 Å². The largest absolute Gasteiger partial charge is 0.444 e. The highest BCUT2D eigenvalue weighted by Crippen LogP contribution is 2.31. The number of nitrogens with zero attached hydrogens (tertiary/aromatic N) is 1. The molecule has 1 fully saturated rings. The van der Waals surface area contributed by atoms with Crippen molar-refractivity contribution < 1.29 is 22.7 Å². The first kappa shape index (κ1) is 23.0. The molecule has 1 amide bonds. The fraction of sp³-hybridized carbons (Fsp3) is 0.650. The van der Waals surface area contributed by atoms with Crippen molar-refractivity contribution in [2.45, 2.75) is 61.0 Å². The van der Waals surface area contributed by atoms with Crippen molar-refractivity contribution in [2.24, 2.45) is 0 Å². The molecule has 1 aliphatic heterocycles. The maximum atomic E-state index is 12.7. The van der Waals surface area contributed by atoms with Crippen molar-refractivity contribution in [2.75, 3.05) is 32.2 Å². The van der Waals surface area contributed by atoms with Gasteiger partial charge in [-0.25, -0.2) is 4.79 Å². The molecule has 0 radical (unpaired) electrons. The Hall–Kier alpha value is -1.25. The third-order valence-corrected chi connectivity index (χ3v) is 7.23. The standard InChI is InChI=1S/C20H31NO5S2/c1-19(2,3)26-18(22)21-13-10-20(25-4,11-14-21)12-15-28(24)17-8-6-16(7-9-17)27(5)23/h6-9H,10-15H2,1-5H3. The maximum Gasteiger partial charge on any atom is 0.410 e. The van der Waals surface area contributed by atoms with E-state index in [1.54, 1.807) is 42.5 Å². The summed E-state index contributed by atoms with van der Waals surface area (Å²) in [5.41, 5.74) is -0.886. The number of likely N-dealkylation sites (tertiary alicyclic amines) is 1. The summed E-state index contributed by atoms with van der Waals surface area (Å²) >= 11 is 0. The van der Waals surface area contributed by atoms with Gasteiger partial charge >= 0.3 is 6.09 Å². The van der Waals surface area contributed by atoms with Gasteiger partial charge in [0.2, 0.25) is 0 Å². The smallest absolute Gasteiger partial charge is 0.410 e. The maximum absolute atomic E-state index is 12.7. The second-order valence-electron chi connectivity index (χ2n) is 8.08. The van der Waals surface area contributed by atoms with Crippen molar-refractivity contribution in [1.29, 1.82) is 0 Å². The molecule has 2 rings (SSSR count). The van der Waals surface area contributed by atoms with E-state index in [1.807, 2.05) is 20.8 Å². The predicted molar refractivity (Wildman–Crippen MR) is 111 cm³/mol. The van der Waals surface area contributed by atoms with E-state index >= 15 is 0 Å². The summed E-state index contributed by atoms with van der Waals surface area (Å²) in [6, 6.07) is 7.07. The molecular formula is C20H31NO5S2. The molecule has 1 saturated heterocycles. The van der Waals surface area contributed by atoms with Crippen molar-refractivity contribution in [3.8, 4) is 0 Å². The molecule has 1 aromatic carbocycles. The molecule has 28 heavy (non-hydrogen) atoms. The van der Waals surface area contributed by atoms with Crippen LogP contribution in [0.1, 0.15) is 40.0 Å². The number of piperidine rings is 1. The minimum absolute atomic E-state index is 0.297. The number of carbonyl (C=O) groups excluding carboxylic acids is 1. The number of amides is 1. The summed E-state index contributed by atoms with van der Waals surface area (Å²) in [4.78, 5) is 15.4. The summed E-state index contributed by atoms with van der Waals surface area (Å²) in [5, 5.41) is 0. The molecule has 2 atom stereocenters. The number of hydrogen-bond donors (Lipinski definition) is 0. The summed E-state index contributed by atoms with van der Waals surface area (Å²) in [6.07, 6.45) is 3.35. The van der Waals surface area contributed by atoms with Crippen LogP contribution in [0, 0.1) is 0 Å². The molecule has 8 heteroatoms. The van der Waals surface area contributed by atoms with Crippen LogP contribution in [0.4, 0.5) is 4.79 Å². The molecule has 1 aromatic rings. The highest BCUT2D eigenvalue weighted by Gasteiger charge is 2.37. The molecule has 0 spiro atoms. The van der Waals surface area contributed by atoms with Crippen LogP contribution in [0.5, 0.6) is 0 Å². The molecule has 0 saturated carbocycles. The minimum atomic E-state index is -1.15. The molecule has 1 heterocycles. The lowest BCUT2D eigenvalue weighted by Gasteiger charge is -2.41. The van der Waals surface area contributed by atoms with Gasteiger partial charge in [-0.2, -0.15) is 0 Å². The first-order chi connectivity index (χ1) is 13.1. The van der Waals surface area contributed by atoms with E-state index in [1.165, 1.54) is 0 Å². The number of carbonyl (C=O) groups is 1. The molecule has 0 aromatic heterocycles. The van der Waals surface area contributed by atoms with Gasteiger partial charge in [-0.1, -0.05) is 0 Å². The molecule has 158 valence electrons. The highest BCUT2D eigenvalue weighted by molar-refractivity contribution is 7.85.